The van der Waals surface area contributed by atoms with Gasteiger partial charge in [-0.15, -0.1) is 0 Å². The van der Waals surface area contributed by atoms with Gasteiger partial charge in [-0.1, -0.05) is 0 Å². The molecular weight excluding hydrogens is 512 g/mol. The molecular formula is C29H34N6O5. The third kappa shape index (κ3) is 6.48. The van der Waals surface area contributed by atoms with Gasteiger partial charge in [-0.2, -0.15) is 0 Å². The number of carbonyl (C=O) groups is 2. The molecule has 0 bridgehead atoms. The standard InChI is InChI=1S/C29H34N6O5/c1-29(2,3)40-28(37)35-17-22(18-35)39-21-6-4-19(5-7-21)23-16-32-27(30)26(33-23)25(36)14-20-15-31-9-8-24(20)34-10-12-38-13-11-34/h4-9,15-16,22H,10-14,17-18H2,1-3H3,(H2,30,32). The van der Waals surface area contributed by atoms with E-state index in [1.165, 1.54) is 0 Å². The lowest BCUT2D eigenvalue weighted by Gasteiger charge is -2.39. The van der Waals surface area contributed by atoms with Crippen molar-refractivity contribution < 1.29 is 23.8 Å². The Kier molecular flexibility index (Phi) is 7.83. The summed E-state index contributed by atoms with van der Waals surface area (Å²) in [5.74, 6) is 0.531. The van der Waals surface area contributed by atoms with Crippen LogP contribution in [0.5, 0.6) is 5.75 Å². The predicted molar refractivity (Wildman–Crippen MR) is 149 cm³/mol. The second-order valence-electron chi connectivity index (χ2n) is 10.8. The van der Waals surface area contributed by atoms with Gasteiger partial charge in [-0.05, 0) is 51.1 Å². The average Bonchev–Trinajstić information content (AvgIpc) is 2.91. The lowest BCUT2D eigenvalue weighted by Crippen LogP contribution is -2.57. The number of amides is 1. The van der Waals surface area contributed by atoms with Crippen LogP contribution in [0, 0.1) is 0 Å². The Hall–Kier alpha value is -4.25. The molecule has 3 aromatic rings. The predicted octanol–water partition coefficient (Wildman–Crippen LogP) is 3.38. The number of anilines is 2. The van der Waals surface area contributed by atoms with E-state index in [2.05, 4.69) is 19.9 Å². The van der Waals surface area contributed by atoms with Crippen LogP contribution in [0.2, 0.25) is 0 Å². The number of benzene rings is 1. The quantitative estimate of drug-likeness (QED) is 0.440. The van der Waals surface area contributed by atoms with Crippen LogP contribution in [0.1, 0.15) is 36.8 Å². The average molecular weight is 547 g/mol. The third-order valence-electron chi connectivity index (χ3n) is 6.60. The van der Waals surface area contributed by atoms with Crippen molar-refractivity contribution >= 4 is 23.4 Å². The van der Waals surface area contributed by atoms with Crippen molar-refractivity contribution in [1.29, 1.82) is 0 Å². The Morgan fingerprint density at radius 1 is 1.07 bits per heavy atom. The van der Waals surface area contributed by atoms with Crippen LogP contribution in [0.4, 0.5) is 16.3 Å². The summed E-state index contributed by atoms with van der Waals surface area (Å²) in [5, 5.41) is 0. The molecule has 4 heterocycles. The van der Waals surface area contributed by atoms with Gasteiger partial charge in [0.05, 0.1) is 38.2 Å². The van der Waals surface area contributed by atoms with E-state index in [9.17, 15) is 9.59 Å². The lowest BCUT2D eigenvalue weighted by molar-refractivity contribution is -0.0221. The summed E-state index contributed by atoms with van der Waals surface area (Å²) in [6.07, 6.45) is 4.66. The molecule has 0 radical (unpaired) electrons. The maximum Gasteiger partial charge on any atom is 0.410 e. The molecule has 0 saturated carbocycles. The molecule has 1 aromatic carbocycles. The van der Waals surface area contributed by atoms with E-state index in [0.29, 0.717) is 37.7 Å². The molecule has 1 amide bonds. The zero-order valence-corrected chi connectivity index (χ0v) is 23.0. The molecule has 2 fully saturated rings. The van der Waals surface area contributed by atoms with Gasteiger partial charge in [0, 0.05) is 48.7 Å². The summed E-state index contributed by atoms with van der Waals surface area (Å²) < 4.78 is 16.8. The number of ether oxygens (including phenoxy) is 3. The Morgan fingerprint density at radius 2 is 1.80 bits per heavy atom. The van der Waals surface area contributed by atoms with Crippen molar-refractivity contribution in [2.75, 3.05) is 50.0 Å². The number of Topliss-reactive ketones (excluding diaryl/α,β-unsaturated/α-hetero) is 1. The molecule has 2 aromatic heterocycles. The summed E-state index contributed by atoms with van der Waals surface area (Å²) in [5.41, 5.74) is 8.75. The molecule has 0 spiro atoms. The fourth-order valence-corrected chi connectivity index (χ4v) is 4.55. The molecule has 11 heteroatoms. The molecule has 210 valence electrons. The molecule has 2 aliphatic rings. The first kappa shape index (κ1) is 27.3. The molecule has 2 N–H and O–H groups in total. The van der Waals surface area contributed by atoms with Gasteiger partial charge in [0.2, 0.25) is 0 Å². The largest absolute Gasteiger partial charge is 0.487 e. The molecule has 2 saturated heterocycles. The second-order valence-corrected chi connectivity index (χ2v) is 10.8. The van der Waals surface area contributed by atoms with Gasteiger partial charge in [-0.25, -0.2) is 14.8 Å². The van der Waals surface area contributed by atoms with Crippen LogP contribution in [0.15, 0.2) is 48.9 Å². The number of nitrogen functional groups attached to an aromatic ring is 1. The fraction of sp³-hybridized carbons (Fsp3) is 0.414. The summed E-state index contributed by atoms with van der Waals surface area (Å²) in [6, 6.07) is 9.28. The zero-order chi connectivity index (χ0) is 28.3. The van der Waals surface area contributed by atoms with E-state index in [1.807, 2.05) is 51.1 Å². The normalized spacial score (nSPS) is 15.9. The topological polar surface area (TPSA) is 133 Å². The highest BCUT2D eigenvalue weighted by Crippen LogP contribution is 2.26. The number of likely N-dealkylation sites (tertiary alicyclic amines) is 1. The number of aromatic nitrogens is 3. The fourth-order valence-electron chi connectivity index (χ4n) is 4.55. The smallest absolute Gasteiger partial charge is 0.410 e. The Balaban J connectivity index is 1.23. The van der Waals surface area contributed by atoms with E-state index in [-0.39, 0.29) is 35.9 Å². The van der Waals surface area contributed by atoms with Crippen molar-refractivity contribution in [2.24, 2.45) is 0 Å². The van der Waals surface area contributed by atoms with Gasteiger partial charge >= 0.3 is 6.09 Å². The van der Waals surface area contributed by atoms with E-state index < -0.39 is 5.60 Å². The number of ketones is 1. The molecule has 40 heavy (non-hydrogen) atoms. The molecule has 0 aliphatic carbocycles. The van der Waals surface area contributed by atoms with Gasteiger partial charge in [-0.3, -0.25) is 9.78 Å². The molecule has 0 atom stereocenters. The van der Waals surface area contributed by atoms with Crippen LogP contribution >= 0.6 is 0 Å². The van der Waals surface area contributed by atoms with Crippen LogP contribution < -0.4 is 15.4 Å². The summed E-state index contributed by atoms with van der Waals surface area (Å²) >= 11 is 0. The molecule has 0 unspecified atom stereocenters. The van der Waals surface area contributed by atoms with E-state index in [1.54, 1.807) is 23.5 Å². The van der Waals surface area contributed by atoms with E-state index in [4.69, 9.17) is 19.9 Å². The van der Waals surface area contributed by atoms with Crippen molar-refractivity contribution in [1.82, 2.24) is 19.9 Å². The summed E-state index contributed by atoms with van der Waals surface area (Å²) in [4.78, 5) is 42.3. The Labute approximate surface area is 233 Å². The summed E-state index contributed by atoms with van der Waals surface area (Å²) in [6.45, 7) is 9.26. The summed E-state index contributed by atoms with van der Waals surface area (Å²) in [7, 11) is 0. The number of hydrogen-bond donors (Lipinski definition) is 1. The van der Waals surface area contributed by atoms with Crippen LogP contribution in [-0.2, 0) is 15.9 Å². The highest BCUT2D eigenvalue weighted by atomic mass is 16.6. The first-order valence-corrected chi connectivity index (χ1v) is 13.3. The number of nitrogens with zero attached hydrogens (tertiary/aromatic N) is 5. The SMILES string of the molecule is CC(C)(C)OC(=O)N1CC(Oc2ccc(-c3cnc(N)c(C(=O)Cc4cnccc4N4CCOCC4)n3)cc2)C1. The van der Waals surface area contributed by atoms with Crippen molar-refractivity contribution in [3.63, 3.8) is 0 Å². The van der Waals surface area contributed by atoms with Gasteiger partial charge in [0.15, 0.2) is 11.6 Å². The second kappa shape index (κ2) is 11.5. The van der Waals surface area contributed by atoms with Crippen molar-refractivity contribution in [2.45, 2.75) is 38.9 Å². The Morgan fingerprint density at radius 3 is 2.50 bits per heavy atom. The molecule has 5 rings (SSSR count). The van der Waals surface area contributed by atoms with Crippen LogP contribution in [0.3, 0.4) is 0 Å². The highest BCUT2D eigenvalue weighted by molar-refractivity contribution is 6.00. The number of hydrogen-bond acceptors (Lipinski definition) is 10. The number of carbonyl (C=O) groups excluding carboxylic acids is 2. The number of rotatable bonds is 7. The zero-order valence-electron chi connectivity index (χ0n) is 23.0. The maximum atomic E-state index is 13.3. The molecule has 11 nitrogen and oxygen atoms in total. The first-order valence-electron chi connectivity index (χ1n) is 13.3. The first-order chi connectivity index (χ1) is 19.2. The minimum Gasteiger partial charge on any atom is -0.487 e. The third-order valence-corrected chi connectivity index (χ3v) is 6.60. The number of nitrogens with two attached hydrogens (primary N) is 1. The number of pyridine rings is 1. The van der Waals surface area contributed by atoms with Gasteiger partial charge in [0.1, 0.15) is 23.1 Å². The van der Waals surface area contributed by atoms with Gasteiger partial charge in [0.25, 0.3) is 0 Å². The Bertz CT molecular complexity index is 1360. The van der Waals surface area contributed by atoms with Gasteiger partial charge < -0.3 is 29.7 Å². The van der Waals surface area contributed by atoms with E-state index in [0.717, 1.165) is 29.9 Å². The van der Waals surface area contributed by atoms with Crippen LogP contribution in [0.25, 0.3) is 11.3 Å². The van der Waals surface area contributed by atoms with E-state index >= 15 is 0 Å². The van der Waals surface area contributed by atoms with Crippen LogP contribution in [-0.4, -0.2) is 82.8 Å². The van der Waals surface area contributed by atoms with Crippen molar-refractivity contribution in [3.8, 4) is 17.0 Å². The molecule has 2 aliphatic heterocycles. The van der Waals surface area contributed by atoms with Crippen molar-refractivity contribution in [3.05, 3.63) is 60.2 Å². The number of morpholine rings is 1. The highest BCUT2D eigenvalue weighted by Gasteiger charge is 2.35. The minimum absolute atomic E-state index is 0.0880. The lowest BCUT2D eigenvalue weighted by atomic mass is 10.1. The monoisotopic (exact) mass is 546 g/mol. The maximum absolute atomic E-state index is 13.3. The minimum atomic E-state index is -0.529.